The second-order valence-corrected chi connectivity index (χ2v) is 10.2. The number of hydrogen-bond acceptors (Lipinski definition) is 4. The number of nitrogens with one attached hydrogen (secondary N) is 1. The van der Waals surface area contributed by atoms with E-state index in [4.69, 9.17) is 15.4 Å². The number of halogens is 3. The topological polar surface area (TPSA) is 107 Å². The number of carboxylic acid groups (broad SMARTS) is 1. The lowest BCUT2D eigenvalue weighted by atomic mass is 9.97. The summed E-state index contributed by atoms with van der Waals surface area (Å²) < 4.78 is 42.6. The van der Waals surface area contributed by atoms with Gasteiger partial charge in [-0.2, -0.15) is 13.2 Å². The van der Waals surface area contributed by atoms with Gasteiger partial charge in [-0.1, -0.05) is 84.0 Å². The van der Waals surface area contributed by atoms with E-state index in [9.17, 15) is 22.8 Å². The van der Waals surface area contributed by atoms with Crippen LogP contribution in [0.1, 0.15) is 43.2 Å². The average molecular weight is 599 g/mol. The Morgan fingerprint density at radius 3 is 2.25 bits per heavy atom. The van der Waals surface area contributed by atoms with E-state index < -0.39 is 17.7 Å². The summed E-state index contributed by atoms with van der Waals surface area (Å²) in [5, 5.41) is 13.1. The van der Waals surface area contributed by atoms with Gasteiger partial charge in [-0.15, -0.1) is 5.69 Å². The van der Waals surface area contributed by atoms with Crippen LogP contribution < -0.4 is 0 Å². The summed E-state index contributed by atoms with van der Waals surface area (Å²) in [5.41, 5.74) is 12.6. The molecule has 0 spiro atoms. The molecule has 7 nitrogen and oxygen atoms in total. The maximum absolute atomic E-state index is 13.1. The van der Waals surface area contributed by atoms with Crippen LogP contribution in [0.3, 0.4) is 0 Å². The molecule has 224 valence electrons. The van der Waals surface area contributed by atoms with Crippen LogP contribution in [-0.4, -0.2) is 33.6 Å². The van der Waals surface area contributed by atoms with Crippen molar-refractivity contribution < 1.29 is 32.4 Å². The highest BCUT2D eigenvalue weighted by Gasteiger charge is 2.30. The van der Waals surface area contributed by atoms with E-state index in [-0.39, 0.29) is 11.5 Å². The van der Waals surface area contributed by atoms with Crippen LogP contribution in [0.25, 0.3) is 28.1 Å². The first kappa shape index (κ1) is 30.1. The number of aromatic carboxylic acids is 1. The van der Waals surface area contributed by atoms with Gasteiger partial charge < -0.3 is 20.3 Å². The molecule has 0 aliphatic carbocycles. The molecule has 0 saturated carbocycles. The van der Waals surface area contributed by atoms with E-state index in [1.54, 1.807) is 31.2 Å². The third-order valence-corrected chi connectivity index (χ3v) is 7.31. The summed E-state index contributed by atoms with van der Waals surface area (Å²) in [4.78, 5) is 26.0. The minimum absolute atomic E-state index is 0.0572. The van der Waals surface area contributed by atoms with E-state index in [0.29, 0.717) is 46.9 Å². The Hall–Kier alpha value is -5.38. The highest BCUT2D eigenvalue weighted by molar-refractivity contribution is 6.01. The number of carbonyl (C=O) groups is 2. The Labute approximate surface area is 251 Å². The van der Waals surface area contributed by atoms with E-state index in [1.807, 2.05) is 47.4 Å². The molecule has 1 aliphatic heterocycles. The quantitative estimate of drug-likeness (QED) is 0.223. The molecule has 2 heterocycles. The lowest BCUT2D eigenvalue weighted by molar-refractivity contribution is -0.137. The fraction of sp³-hybridized carbons (Fsp3) is 0.147. The fourth-order valence-electron chi connectivity index (χ4n) is 5.06. The van der Waals surface area contributed by atoms with Crippen LogP contribution in [0.15, 0.2) is 102 Å². The van der Waals surface area contributed by atoms with Crippen LogP contribution in [-0.2, 0) is 19.1 Å². The second-order valence-electron chi connectivity index (χ2n) is 10.2. The zero-order valence-corrected chi connectivity index (χ0v) is 23.6. The summed E-state index contributed by atoms with van der Waals surface area (Å²) in [6.45, 7) is 2.96. The Bertz CT molecular complexity index is 1800. The number of aromatic nitrogens is 1. The summed E-state index contributed by atoms with van der Waals surface area (Å²) in [6.07, 6.45) is -3.64. The van der Waals surface area contributed by atoms with Crippen LogP contribution in [0, 0.1) is 6.92 Å². The van der Waals surface area contributed by atoms with E-state index in [1.165, 1.54) is 18.2 Å². The van der Waals surface area contributed by atoms with Crippen LogP contribution in [0.2, 0.25) is 0 Å². The smallest absolute Gasteiger partial charge is 0.416 e. The monoisotopic (exact) mass is 598 g/mol. The van der Waals surface area contributed by atoms with Crippen molar-refractivity contribution in [3.63, 3.8) is 0 Å². The molecule has 44 heavy (non-hydrogen) atoms. The Kier molecular flexibility index (Phi) is 8.52. The van der Waals surface area contributed by atoms with Crippen molar-refractivity contribution in [2.45, 2.75) is 26.1 Å². The third-order valence-electron chi connectivity index (χ3n) is 7.31. The van der Waals surface area contributed by atoms with Gasteiger partial charge in [0.05, 0.1) is 11.1 Å². The molecule has 4 aromatic carbocycles. The van der Waals surface area contributed by atoms with Crippen LogP contribution >= 0.6 is 0 Å². The molecule has 0 bridgehead atoms. The van der Waals surface area contributed by atoms with Gasteiger partial charge >= 0.3 is 12.1 Å². The molecule has 0 fully saturated rings. The number of nitrogens with zero attached hydrogens (tertiary/aromatic N) is 2. The number of rotatable bonds is 4. The number of alkyl halides is 3. The molecule has 0 atom stereocenters. The molecule has 1 aliphatic rings. The third kappa shape index (κ3) is 6.49. The van der Waals surface area contributed by atoms with Gasteiger partial charge in [-0.05, 0) is 53.8 Å². The standard InChI is InChI=1S/C20H18N3O2.C14H9F3O2/c1-13-18(19(22-25-13)14-5-3-2-4-6-14)20(24)23-10-9-15-11-17(21)8-7-16(15)12-23;15-14(16,17)10-7-5-9(6-8-10)11-3-1-2-4-12(11)13(18)19/h2-8,11,21H,9-10,12H2,1H3;1-8H,(H,18,19)/q-1;. The maximum atomic E-state index is 13.1. The van der Waals surface area contributed by atoms with Crippen LogP contribution in [0.4, 0.5) is 18.9 Å². The number of carbonyl (C=O) groups excluding carboxylic acids is 1. The van der Waals surface area contributed by atoms with Gasteiger partial charge in [0, 0.05) is 18.7 Å². The Morgan fingerprint density at radius 1 is 0.886 bits per heavy atom. The summed E-state index contributed by atoms with van der Waals surface area (Å²) in [6, 6.07) is 25.8. The maximum Gasteiger partial charge on any atom is 0.416 e. The minimum atomic E-state index is -4.40. The van der Waals surface area contributed by atoms with Crippen molar-refractivity contribution in [1.29, 1.82) is 0 Å². The molecule has 1 amide bonds. The summed E-state index contributed by atoms with van der Waals surface area (Å²) >= 11 is 0. The zero-order valence-electron chi connectivity index (χ0n) is 23.6. The highest BCUT2D eigenvalue weighted by Crippen LogP contribution is 2.32. The number of aryl methyl sites for hydroxylation is 1. The Morgan fingerprint density at radius 2 is 1.57 bits per heavy atom. The van der Waals surface area contributed by atoms with E-state index >= 15 is 0 Å². The predicted octanol–water partition coefficient (Wildman–Crippen LogP) is 8.60. The number of hydrogen-bond donors (Lipinski definition) is 1. The molecule has 0 saturated heterocycles. The summed E-state index contributed by atoms with van der Waals surface area (Å²) in [5.74, 6) is -0.634. The van der Waals surface area contributed by atoms with Gasteiger partial charge in [0.1, 0.15) is 17.0 Å². The SMILES string of the molecule is Cc1onc(-c2ccccc2)c1C(=O)N1CCc2cc([NH-])ccc2C1.O=C(O)c1ccccc1-c1ccc(C(F)(F)F)cc1. The molecule has 2 N–H and O–H groups in total. The van der Waals surface area contributed by atoms with Gasteiger partial charge in [0.15, 0.2) is 0 Å². The Balaban J connectivity index is 0.000000182. The molecule has 0 radical (unpaired) electrons. The summed E-state index contributed by atoms with van der Waals surface area (Å²) in [7, 11) is 0. The first-order valence-corrected chi connectivity index (χ1v) is 13.7. The molecular weight excluding hydrogens is 571 g/mol. The average Bonchev–Trinajstić information content (AvgIpc) is 3.42. The normalized spacial score (nSPS) is 12.6. The molecule has 6 rings (SSSR count). The minimum Gasteiger partial charge on any atom is -0.699 e. The van der Waals surface area contributed by atoms with E-state index in [2.05, 4.69) is 5.16 Å². The van der Waals surface area contributed by atoms with Crippen molar-refractivity contribution in [2.24, 2.45) is 0 Å². The molecule has 5 aromatic rings. The van der Waals surface area contributed by atoms with Crippen LogP contribution in [0.5, 0.6) is 0 Å². The van der Waals surface area contributed by atoms with Gasteiger partial charge in [-0.25, -0.2) is 4.79 Å². The van der Waals surface area contributed by atoms with Crippen molar-refractivity contribution in [1.82, 2.24) is 10.1 Å². The van der Waals surface area contributed by atoms with Gasteiger partial charge in [0.2, 0.25) is 0 Å². The first-order valence-electron chi connectivity index (χ1n) is 13.7. The van der Waals surface area contributed by atoms with Crippen molar-refractivity contribution in [3.05, 3.63) is 136 Å². The number of carboxylic acids is 1. The van der Waals surface area contributed by atoms with Gasteiger partial charge in [-0.3, -0.25) is 4.79 Å². The molecule has 0 unspecified atom stereocenters. The highest BCUT2D eigenvalue weighted by atomic mass is 19.4. The number of amides is 1. The number of benzene rings is 4. The number of fused-ring (bicyclic) bond motifs is 1. The lowest BCUT2D eigenvalue weighted by Crippen LogP contribution is -2.36. The lowest BCUT2D eigenvalue weighted by Gasteiger charge is -2.29. The zero-order chi connectivity index (χ0) is 31.4. The van der Waals surface area contributed by atoms with Crippen molar-refractivity contribution >= 4 is 17.6 Å². The molecule has 1 aromatic heterocycles. The largest absolute Gasteiger partial charge is 0.699 e. The fourth-order valence-corrected chi connectivity index (χ4v) is 5.06. The van der Waals surface area contributed by atoms with Gasteiger partial charge in [0.25, 0.3) is 5.91 Å². The predicted molar refractivity (Wildman–Crippen MR) is 159 cm³/mol. The molecular formula is C34H27F3N3O4-. The first-order chi connectivity index (χ1) is 21.0. The van der Waals surface area contributed by atoms with Crippen molar-refractivity contribution in [2.75, 3.05) is 6.54 Å². The van der Waals surface area contributed by atoms with E-state index in [0.717, 1.165) is 35.2 Å². The molecule has 10 heteroatoms. The van der Waals surface area contributed by atoms with Crippen molar-refractivity contribution in [3.8, 4) is 22.4 Å². The second kappa shape index (κ2) is 12.5.